The fourth-order valence-corrected chi connectivity index (χ4v) is 1.77. The summed E-state index contributed by atoms with van der Waals surface area (Å²) in [6.45, 7) is 5.35. The fourth-order valence-electron chi connectivity index (χ4n) is 0.643. The summed E-state index contributed by atoms with van der Waals surface area (Å²) < 4.78 is 13.4. The predicted octanol–water partition coefficient (Wildman–Crippen LogP) is 3.63. The molecule has 2 heteroatoms. The van der Waals surface area contributed by atoms with E-state index in [1.54, 1.807) is 0 Å². The maximum absolute atomic E-state index is 12.6. The van der Waals surface area contributed by atoms with Gasteiger partial charge in [-0.1, -0.05) is 28.7 Å². The van der Waals surface area contributed by atoms with Crippen molar-refractivity contribution in [1.82, 2.24) is 0 Å². The molecule has 0 aromatic heterocycles. The summed E-state index contributed by atoms with van der Waals surface area (Å²) in [5.74, 6) is -0.0648. The summed E-state index contributed by atoms with van der Waals surface area (Å²) >= 11 is 2.16. The first-order chi connectivity index (χ1) is 4.63. The van der Waals surface area contributed by atoms with Crippen LogP contribution in [0, 0.1) is 0 Å². The molecule has 0 saturated heterocycles. The second-order valence-corrected chi connectivity index (χ2v) is 2.88. The van der Waals surface area contributed by atoms with Crippen molar-refractivity contribution < 1.29 is 4.39 Å². The molecule has 0 aromatic carbocycles. The Morgan fingerprint density at radius 2 is 2.00 bits per heavy atom. The van der Waals surface area contributed by atoms with Gasteiger partial charge in [0.25, 0.3) is 0 Å². The minimum Gasteiger partial charge on any atom is -0.212 e. The minimum atomic E-state index is -0.0648. The Hall–Kier alpha value is 0.140. The molecule has 0 nitrogen and oxygen atoms in total. The molecule has 0 heterocycles. The van der Waals surface area contributed by atoms with Crippen molar-refractivity contribution in [1.29, 1.82) is 0 Å². The Kier molecular flexibility index (Phi) is 4.95. The lowest BCUT2D eigenvalue weighted by molar-refractivity contribution is 0.630. The summed E-state index contributed by atoms with van der Waals surface area (Å²) in [7, 11) is 0. The minimum absolute atomic E-state index is 0.0648. The molecule has 0 radical (unpaired) electrons. The molecular formula is C8H12FI. The predicted molar refractivity (Wildman–Crippen MR) is 52.1 cm³/mol. The van der Waals surface area contributed by atoms with Crippen LogP contribution in [0.15, 0.2) is 23.0 Å². The molecule has 58 valence electrons. The number of alkyl halides is 1. The Labute approximate surface area is 75.3 Å². The highest BCUT2D eigenvalue weighted by Crippen LogP contribution is 2.17. The lowest BCUT2D eigenvalue weighted by atomic mass is 10.1. The van der Waals surface area contributed by atoms with E-state index in [0.29, 0.717) is 0 Å². The quantitative estimate of drug-likeness (QED) is 0.401. The molecule has 0 aliphatic heterocycles. The molecule has 0 saturated carbocycles. The summed E-state index contributed by atoms with van der Waals surface area (Å²) in [5, 5.41) is 0. The Balaban J connectivity index is 4.54. The molecule has 0 unspecified atom stereocenters. The third-order valence-electron chi connectivity index (χ3n) is 1.46. The van der Waals surface area contributed by atoms with Gasteiger partial charge >= 0.3 is 0 Å². The molecule has 0 spiro atoms. The fraction of sp³-hybridized carbons (Fsp3) is 0.500. The van der Waals surface area contributed by atoms with Gasteiger partial charge < -0.3 is 0 Å². The lowest BCUT2D eigenvalue weighted by Crippen LogP contribution is -1.88. The van der Waals surface area contributed by atoms with Crippen molar-refractivity contribution >= 4 is 22.6 Å². The van der Waals surface area contributed by atoms with E-state index < -0.39 is 0 Å². The van der Waals surface area contributed by atoms with Crippen molar-refractivity contribution in [3.05, 3.63) is 23.0 Å². The third kappa shape index (κ3) is 2.82. The number of halogens is 2. The largest absolute Gasteiger partial charge is 0.212 e. The van der Waals surface area contributed by atoms with Crippen LogP contribution in [0.5, 0.6) is 0 Å². The molecule has 0 rings (SSSR count). The topological polar surface area (TPSA) is 0 Å². The highest BCUT2D eigenvalue weighted by Gasteiger charge is 2.00. The van der Waals surface area contributed by atoms with Crippen molar-refractivity contribution in [2.24, 2.45) is 0 Å². The number of allylic oxidation sites excluding steroid dienone is 4. The van der Waals surface area contributed by atoms with Gasteiger partial charge in [0, 0.05) is 4.43 Å². The van der Waals surface area contributed by atoms with Gasteiger partial charge in [-0.25, -0.2) is 4.39 Å². The smallest absolute Gasteiger partial charge is 0.101 e. The molecular weight excluding hydrogens is 242 g/mol. The first-order valence-electron chi connectivity index (χ1n) is 3.18. The van der Waals surface area contributed by atoms with Crippen LogP contribution in [0.4, 0.5) is 4.39 Å². The Morgan fingerprint density at radius 3 is 2.10 bits per heavy atom. The van der Waals surface area contributed by atoms with Gasteiger partial charge in [0.15, 0.2) is 0 Å². The van der Waals surface area contributed by atoms with Gasteiger partial charge in [-0.05, 0) is 31.9 Å². The second-order valence-electron chi connectivity index (χ2n) is 2.12. The molecule has 0 bridgehead atoms. The van der Waals surface area contributed by atoms with Gasteiger partial charge in [0.1, 0.15) is 5.83 Å². The summed E-state index contributed by atoms with van der Waals surface area (Å²) in [6.07, 6.45) is 1.93. The maximum atomic E-state index is 12.6. The third-order valence-corrected chi connectivity index (χ3v) is 2.22. The van der Waals surface area contributed by atoms with E-state index in [4.69, 9.17) is 0 Å². The molecule has 0 fully saturated rings. The van der Waals surface area contributed by atoms with E-state index in [2.05, 4.69) is 22.6 Å². The lowest BCUT2D eigenvalue weighted by Gasteiger charge is -2.02. The van der Waals surface area contributed by atoms with Gasteiger partial charge in [0.2, 0.25) is 0 Å². The zero-order valence-corrected chi connectivity index (χ0v) is 8.70. The van der Waals surface area contributed by atoms with Crippen LogP contribution in [0.1, 0.15) is 20.8 Å². The van der Waals surface area contributed by atoms with Gasteiger partial charge in [0.05, 0.1) is 0 Å². The van der Waals surface area contributed by atoms with E-state index in [0.717, 1.165) is 15.6 Å². The van der Waals surface area contributed by atoms with Crippen molar-refractivity contribution in [2.75, 3.05) is 4.43 Å². The van der Waals surface area contributed by atoms with Crippen molar-refractivity contribution in [2.45, 2.75) is 20.8 Å². The maximum Gasteiger partial charge on any atom is 0.101 e. The van der Waals surface area contributed by atoms with E-state index >= 15 is 0 Å². The average molecular weight is 254 g/mol. The molecule has 0 N–H and O–H groups in total. The van der Waals surface area contributed by atoms with Crippen LogP contribution in [0.25, 0.3) is 0 Å². The molecule has 0 atom stereocenters. The summed E-state index contributed by atoms with van der Waals surface area (Å²) in [5.41, 5.74) is 1.86. The van der Waals surface area contributed by atoms with Crippen LogP contribution >= 0.6 is 22.6 Å². The highest BCUT2D eigenvalue weighted by atomic mass is 127. The van der Waals surface area contributed by atoms with E-state index in [1.807, 2.05) is 19.9 Å². The number of rotatable bonds is 2. The monoisotopic (exact) mass is 254 g/mol. The van der Waals surface area contributed by atoms with Gasteiger partial charge in [-0.15, -0.1) is 0 Å². The molecule has 0 aliphatic rings. The zero-order valence-electron chi connectivity index (χ0n) is 6.54. The standard InChI is InChI=1S/C8H12FI/c1-4-6(2)8(5-10)7(3)9/h4H,5H2,1-3H3/b6-4-,8-7+. The molecule has 0 aliphatic carbocycles. The van der Waals surface area contributed by atoms with Crippen LogP contribution in [0.3, 0.4) is 0 Å². The first-order valence-corrected chi connectivity index (χ1v) is 4.70. The van der Waals surface area contributed by atoms with E-state index in [1.165, 1.54) is 6.92 Å². The molecule has 0 amide bonds. The van der Waals surface area contributed by atoms with E-state index in [-0.39, 0.29) is 5.83 Å². The zero-order chi connectivity index (χ0) is 8.15. The number of hydrogen-bond donors (Lipinski definition) is 0. The van der Waals surface area contributed by atoms with Crippen LogP contribution in [0.2, 0.25) is 0 Å². The van der Waals surface area contributed by atoms with Crippen molar-refractivity contribution in [3.63, 3.8) is 0 Å². The Bertz CT molecular complexity index is 158. The SMILES string of the molecule is C/C=C(C)\C(CI)=C(/C)F. The second kappa shape index (κ2) is 4.88. The number of hydrogen-bond acceptors (Lipinski definition) is 0. The molecule has 0 aromatic rings. The van der Waals surface area contributed by atoms with Crippen LogP contribution < -0.4 is 0 Å². The van der Waals surface area contributed by atoms with E-state index in [9.17, 15) is 4.39 Å². The normalized spacial score (nSPS) is 15.1. The first kappa shape index (κ1) is 10.1. The van der Waals surface area contributed by atoms with Crippen molar-refractivity contribution in [3.8, 4) is 0 Å². The van der Waals surface area contributed by atoms with Gasteiger partial charge in [-0.2, -0.15) is 0 Å². The van der Waals surface area contributed by atoms with Crippen LogP contribution in [-0.4, -0.2) is 4.43 Å². The summed E-state index contributed by atoms with van der Waals surface area (Å²) in [4.78, 5) is 0. The highest BCUT2D eigenvalue weighted by molar-refractivity contribution is 14.1. The average Bonchev–Trinajstić information content (AvgIpc) is 1.88. The van der Waals surface area contributed by atoms with Gasteiger partial charge in [-0.3, -0.25) is 0 Å². The molecule has 10 heavy (non-hydrogen) atoms. The van der Waals surface area contributed by atoms with Crippen LogP contribution in [-0.2, 0) is 0 Å². The summed E-state index contributed by atoms with van der Waals surface area (Å²) in [6, 6.07) is 0. The Morgan fingerprint density at radius 1 is 1.50 bits per heavy atom.